The van der Waals surface area contributed by atoms with Crippen LogP contribution in [0.25, 0.3) is 22.3 Å². The molecule has 0 spiro atoms. The number of hydrogen-bond donors (Lipinski definition) is 2. The fourth-order valence-electron chi connectivity index (χ4n) is 10.0. The lowest BCUT2D eigenvalue weighted by atomic mass is 9.99. The molecule has 2 fully saturated rings. The molecule has 0 saturated carbocycles. The summed E-state index contributed by atoms with van der Waals surface area (Å²) in [5.41, 5.74) is -11.5. The maximum Gasteiger partial charge on any atom is 0.416 e. The highest BCUT2D eigenvalue weighted by atomic mass is 32.2. The number of carbonyl (C=O) groups excluding carboxylic acids is 2. The molecule has 12 nitrogen and oxygen atoms in total. The number of likely N-dealkylation sites (tertiary alicyclic amines) is 2. The molecule has 0 radical (unpaired) electrons. The van der Waals surface area contributed by atoms with Gasteiger partial charge in [0.15, 0.2) is 23.3 Å². The number of halogens is 10. The lowest BCUT2D eigenvalue weighted by molar-refractivity contribution is -0.138. The molecule has 0 aliphatic carbocycles. The Kier molecular flexibility index (Phi) is 13.6. The van der Waals surface area contributed by atoms with Gasteiger partial charge in [0.2, 0.25) is 11.8 Å². The van der Waals surface area contributed by atoms with Gasteiger partial charge in [-0.3, -0.25) is 9.59 Å². The van der Waals surface area contributed by atoms with Gasteiger partial charge in [-0.05, 0) is 133 Å². The Morgan fingerprint density at radius 2 is 0.934 bits per heavy atom. The highest BCUT2D eigenvalue weighted by molar-refractivity contribution is 8.02. The first-order valence-corrected chi connectivity index (χ1v) is 32.7. The Balaban J connectivity index is 0.000000281. The lowest BCUT2D eigenvalue weighted by Gasteiger charge is -2.40. The fourth-order valence-corrected chi connectivity index (χ4v) is 11.8. The van der Waals surface area contributed by atoms with E-state index in [1.54, 1.807) is 0 Å². The third kappa shape index (κ3) is 19.8. The molecular formula is C82H84F10N6O6S2. The van der Waals surface area contributed by atoms with E-state index in [1.165, 1.54) is 24.3 Å². The molecule has 2 unspecified atom stereocenters. The van der Waals surface area contributed by atoms with Gasteiger partial charge in [0.1, 0.15) is 25.2 Å². The number of fused-ring (bicyclic) bond motifs is 2. The van der Waals surface area contributed by atoms with E-state index in [0.717, 1.165) is 117 Å². The molecule has 4 heterocycles. The molecule has 4 aliphatic rings. The zero-order valence-corrected chi connectivity index (χ0v) is 56.3. The highest BCUT2D eigenvalue weighted by Crippen LogP contribution is 2.44. The van der Waals surface area contributed by atoms with Gasteiger partial charge in [-0.1, -0.05) is 132 Å². The van der Waals surface area contributed by atoms with Gasteiger partial charge in [0.25, 0.3) is 0 Å². The van der Waals surface area contributed by atoms with Crippen LogP contribution in [-0.2, 0) is 56.0 Å². The van der Waals surface area contributed by atoms with Crippen LogP contribution in [0.15, 0.2) is 192 Å². The van der Waals surface area contributed by atoms with E-state index in [1.807, 2.05) is 0 Å². The first kappa shape index (κ1) is 40.7. The minimum Gasteiger partial charge on any atom is -0.384 e. The average Bonchev–Trinajstić information content (AvgIpc) is 0.659. The molecular weight excluding hydrogens is 1420 g/mol. The van der Waals surface area contributed by atoms with Gasteiger partial charge >= 0.3 is 12.4 Å². The Labute approximate surface area is 678 Å². The van der Waals surface area contributed by atoms with E-state index >= 15 is 18.4 Å². The van der Waals surface area contributed by atoms with Crippen molar-refractivity contribution in [2.75, 3.05) is 89.1 Å². The Bertz CT molecular complexity index is 6480. The first-order valence-electron chi connectivity index (χ1n) is 51.9. The number of aliphatic hydroxyl groups is 2. The number of aliphatic hydroxyl groups excluding tert-OH is 2. The van der Waals surface area contributed by atoms with Crippen molar-refractivity contribution in [2.45, 2.75) is 100 Å². The molecule has 560 valence electrons. The summed E-state index contributed by atoms with van der Waals surface area (Å²) in [7, 11) is -6.90. The number of benzene rings is 8. The molecule has 0 bridgehead atoms. The van der Waals surface area contributed by atoms with Crippen LogP contribution in [-0.4, -0.2) is 133 Å². The van der Waals surface area contributed by atoms with Crippen molar-refractivity contribution in [1.29, 1.82) is 0 Å². The zero-order valence-electron chi connectivity index (χ0n) is 96.7. The van der Waals surface area contributed by atoms with Gasteiger partial charge < -0.3 is 49.1 Å². The summed E-state index contributed by atoms with van der Waals surface area (Å²) in [5, 5.41) is 20.9. The number of nitrogens with zero attached hydrogens (tertiary/aromatic N) is 6. The second kappa shape index (κ2) is 35.5. The summed E-state index contributed by atoms with van der Waals surface area (Å²) >= 11 is -0.154. The molecule has 106 heavy (non-hydrogen) atoms. The van der Waals surface area contributed by atoms with Crippen LogP contribution in [0.3, 0.4) is 0 Å². The number of ether oxygens (including phenoxy) is 2. The largest absolute Gasteiger partial charge is 0.416 e. The van der Waals surface area contributed by atoms with Crippen molar-refractivity contribution in [1.82, 2.24) is 19.6 Å². The molecule has 2 amide bonds. The molecule has 12 rings (SSSR count). The van der Waals surface area contributed by atoms with E-state index in [-0.39, 0.29) is 75.9 Å². The number of hydrogen-bond acceptors (Lipinski definition) is 12. The summed E-state index contributed by atoms with van der Waals surface area (Å²) in [4.78, 5) is 29.4. The number of alkyl halides is 6. The maximum atomic E-state index is 15.7. The fraction of sp³-hybridized carbons (Fsp3) is 0.341. The number of carbonyl (C=O) groups is 2. The summed E-state index contributed by atoms with van der Waals surface area (Å²) < 4.78 is 520. The number of piperidine rings is 2. The molecule has 4 aliphatic heterocycles. The van der Waals surface area contributed by atoms with E-state index < -0.39 is 326 Å². The second-order valence-electron chi connectivity index (χ2n) is 22.5. The molecule has 2 atom stereocenters. The van der Waals surface area contributed by atoms with E-state index in [2.05, 4.69) is 9.47 Å². The Hall–Kier alpha value is -8.46. The SMILES string of the molecule is [2H]C1=C(SC([2H])([2H])c2cccc(F)c2F)N(C([2H])([2H])C(=O)N(Cc2ccc(-c3ccc(C(F)(F)F)cc3)cc2)C2([2H])C([2H])([2H])C([2H])([2H])N(C([2H])([2H])COC([2H])([2H])[2H])C([2H])([2H])C2([2H])[2H])c2c([2H])c([2H])c(C)c([2H])c2C1O.[2H]C1=C(SCc2cccc(F)c2F)N(C([2H])([2H])C(=O)N(Cc2ccc(-c3ccc(C(F)(F)F)cc3)cc2)C2([2H])C([2H])([2H])C([2H])([2H])N(C([2H])([2H])COC([2H])([2H])[2H])C([2H])([2H])C2([2H])[2H])c2c([2H])c([2H])c(C)c([2H])c2C1O. The minimum atomic E-state index is -4.73. The molecule has 8 aromatic carbocycles. The summed E-state index contributed by atoms with van der Waals surface area (Å²) in [6.45, 7) is -38.0. The second-order valence-corrected chi connectivity index (χ2v) is 24.2. The predicted molar refractivity (Wildman–Crippen MR) is 396 cm³/mol. The molecule has 0 aromatic heterocycles. The summed E-state index contributed by atoms with van der Waals surface area (Å²) in [6.07, 6.45) is -32.3. The standard InChI is InChI=1S/2C41H42F5N3O3S/c2*1-27-6-15-36-34(22-27)37(50)23-39(53-26-31-4-3-5-35(42)40(31)43)49(36)25-38(51)48(33-16-18-47(19-17-33)20-21-52-2)24-28-7-9-29(10-8-28)30-11-13-32(14-12-30)41(44,45)46/h2*3-15,22-23,33,37,50H,16-21,24-26H2,1-2H3/i2D3,6D,15D,16D2,17D2,18D2,19D2,20D2,22D,23D,25D2,26D2,33D;2D3,6D,15D,16D2,17D2,18D2,19D2,20D2,22D,23D,25D2,33D. The number of rotatable bonds is 24. The number of methoxy groups -OCH3 is 2. The molecule has 24 heteroatoms. The van der Waals surface area contributed by atoms with E-state index in [0.29, 0.717) is 6.07 Å². The lowest BCUT2D eigenvalue weighted by Crippen LogP contribution is -2.50. The first-order chi connectivity index (χ1) is 67.0. The quantitative estimate of drug-likeness (QED) is 0.0562. The van der Waals surface area contributed by atoms with Gasteiger partial charge in [-0.2, -0.15) is 26.3 Å². The molecule has 2 saturated heterocycles. The Morgan fingerprint density at radius 1 is 0.557 bits per heavy atom. The normalized spacial score (nSPS) is 28.0. The minimum absolute atomic E-state index is 0.0737. The topological polar surface area (TPSA) is 113 Å². The van der Waals surface area contributed by atoms with Crippen molar-refractivity contribution in [3.8, 4) is 22.3 Å². The van der Waals surface area contributed by atoms with Crippen molar-refractivity contribution in [3.05, 3.63) is 271 Å². The third-order valence-electron chi connectivity index (χ3n) is 15.3. The van der Waals surface area contributed by atoms with Crippen LogP contribution < -0.4 is 9.80 Å². The predicted octanol–water partition coefficient (Wildman–Crippen LogP) is 17.5. The van der Waals surface area contributed by atoms with Crippen LogP contribution in [0.1, 0.15) is 151 Å². The van der Waals surface area contributed by atoms with Crippen LogP contribution in [0.5, 0.6) is 0 Å². The Morgan fingerprint density at radius 3 is 1.33 bits per heavy atom. The summed E-state index contributed by atoms with van der Waals surface area (Å²) in [6, 6.07) is 4.51. The van der Waals surface area contributed by atoms with Crippen LogP contribution >= 0.6 is 23.5 Å². The van der Waals surface area contributed by atoms with Gasteiger partial charge in [-0.15, -0.1) is 23.5 Å². The van der Waals surface area contributed by atoms with Crippen LogP contribution in [0.4, 0.5) is 55.3 Å². The third-order valence-corrected chi connectivity index (χ3v) is 17.1. The number of amides is 2. The van der Waals surface area contributed by atoms with Gasteiger partial charge in [0.05, 0.1) is 61.8 Å². The monoisotopic (exact) mass is 1540 g/mol. The number of anilines is 2. The van der Waals surface area contributed by atoms with Crippen molar-refractivity contribution >= 4 is 46.7 Å². The highest BCUT2D eigenvalue weighted by Gasteiger charge is 2.37. The van der Waals surface area contributed by atoms with E-state index in [9.17, 15) is 64.5 Å². The summed E-state index contributed by atoms with van der Waals surface area (Å²) in [5.74, 6) is -11.7. The van der Waals surface area contributed by atoms with Crippen LogP contribution in [0.2, 0.25) is 0 Å². The van der Waals surface area contributed by atoms with Crippen molar-refractivity contribution < 1.29 is 131 Å². The average molecular weight is 1550 g/mol. The molecule has 2 N–H and O–H groups in total. The van der Waals surface area contributed by atoms with Gasteiger partial charge in [0, 0.05) is 153 Å². The zero-order chi connectivity index (χ0) is 113. The smallest absolute Gasteiger partial charge is 0.384 e. The maximum absolute atomic E-state index is 15.7. The van der Waals surface area contributed by atoms with Crippen molar-refractivity contribution in [3.63, 3.8) is 0 Å². The number of thioether (sulfide) groups is 2. The van der Waals surface area contributed by atoms with E-state index in [4.69, 9.17) is 38.4 Å². The molecule has 8 aromatic rings. The van der Waals surface area contributed by atoms with Crippen LogP contribution in [0, 0.1) is 37.1 Å². The van der Waals surface area contributed by atoms with Crippen molar-refractivity contribution in [2.24, 2.45) is 0 Å². The van der Waals surface area contributed by atoms with Gasteiger partial charge in [-0.25, -0.2) is 17.6 Å².